The van der Waals surface area contributed by atoms with E-state index in [1.54, 1.807) is 24.3 Å². The highest BCUT2D eigenvalue weighted by molar-refractivity contribution is 5.93. The molecule has 0 atom stereocenters. The summed E-state index contributed by atoms with van der Waals surface area (Å²) in [4.78, 5) is 11.8. The lowest BCUT2D eigenvalue weighted by molar-refractivity contribution is -0.114. The van der Waals surface area contributed by atoms with Gasteiger partial charge in [0.2, 0.25) is 5.91 Å². The normalized spacial score (nSPS) is 9.64. The predicted octanol–water partition coefficient (Wildman–Crippen LogP) is 3.01. The van der Waals surface area contributed by atoms with Crippen molar-refractivity contribution >= 4 is 17.3 Å². The number of amides is 1. The summed E-state index contributed by atoms with van der Waals surface area (Å²) in [5.41, 5.74) is 2.07. The van der Waals surface area contributed by atoms with Gasteiger partial charge in [-0.2, -0.15) is 5.26 Å². The molecule has 0 bridgehead atoms. The first-order valence-electron chi connectivity index (χ1n) is 6.98. The van der Waals surface area contributed by atoms with Gasteiger partial charge in [-0.1, -0.05) is 0 Å². The van der Waals surface area contributed by atoms with Crippen LogP contribution in [-0.4, -0.2) is 19.1 Å². The van der Waals surface area contributed by atoms with E-state index in [0.29, 0.717) is 17.9 Å². The number of ether oxygens (including phenoxy) is 1. The Morgan fingerprint density at radius 2 is 1.73 bits per heavy atom. The Morgan fingerprint density at radius 1 is 1.09 bits per heavy atom. The Balaban J connectivity index is 1.83. The van der Waals surface area contributed by atoms with E-state index in [1.807, 2.05) is 37.3 Å². The highest BCUT2D eigenvalue weighted by atomic mass is 16.5. The molecule has 0 unspecified atom stereocenters. The van der Waals surface area contributed by atoms with Crippen LogP contribution in [-0.2, 0) is 4.79 Å². The van der Waals surface area contributed by atoms with Gasteiger partial charge in [0.25, 0.3) is 0 Å². The highest BCUT2D eigenvalue weighted by Crippen LogP contribution is 2.15. The summed E-state index contributed by atoms with van der Waals surface area (Å²) >= 11 is 0. The van der Waals surface area contributed by atoms with Crippen LogP contribution < -0.4 is 15.4 Å². The molecule has 1 amide bonds. The van der Waals surface area contributed by atoms with E-state index < -0.39 is 0 Å². The average Bonchev–Trinajstić information content (AvgIpc) is 2.55. The molecule has 2 rings (SSSR count). The Hall–Kier alpha value is -3.00. The minimum Gasteiger partial charge on any atom is -0.494 e. The van der Waals surface area contributed by atoms with Gasteiger partial charge in [0.15, 0.2) is 0 Å². The zero-order valence-electron chi connectivity index (χ0n) is 12.3. The van der Waals surface area contributed by atoms with Crippen LogP contribution in [0.25, 0.3) is 0 Å². The van der Waals surface area contributed by atoms with Crippen molar-refractivity contribution in [3.8, 4) is 11.8 Å². The molecule has 0 aliphatic heterocycles. The predicted molar refractivity (Wildman–Crippen MR) is 85.9 cm³/mol. The minimum absolute atomic E-state index is 0.154. The van der Waals surface area contributed by atoms with Gasteiger partial charge in [-0.3, -0.25) is 4.79 Å². The van der Waals surface area contributed by atoms with Gasteiger partial charge in [0.1, 0.15) is 5.75 Å². The highest BCUT2D eigenvalue weighted by Gasteiger charge is 2.02. The topological polar surface area (TPSA) is 74.2 Å². The molecule has 2 aromatic rings. The Labute approximate surface area is 129 Å². The van der Waals surface area contributed by atoms with Crippen LogP contribution in [0.5, 0.6) is 5.75 Å². The number of anilines is 2. The van der Waals surface area contributed by atoms with Gasteiger partial charge < -0.3 is 15.4 Å². The molecule has 0 radical (unpaired) electrons. The van der Waals surface area contributed by atoms with Gasteiger partial charge in [-0.25, -0.2) is 0 Å². The lowest BCUT2D eigenvalue weighted by Gasteiger charge is -2.09. The standard InChI is InChI=1S/C17H17N3O2/c1-2-22-16-9-7-14(8-10-16)19-12-17(21)20-15-5-3-13(11-18)4-6-15/h3-10,19H,2,12H2,1H3,(H,20,21). The van der Waals surface area contributed by atoms with Crippen molar-refractivity contribution in [2.24, 2.45) is 0 Å². The molecule has 0 spiro atoms. The van der Waals surface area contributed by atoms with Crippen LogP contribution in [0.3, 0.4) is 0 Å². The van der Waals surface area contributed by atoms with Crippen LogP contribution in [0.2, 0.25) is 0 Å². The first kappa shape index (κ1) is 15.4. The third kappa shape index (κ3) is 4.53. The number of nitriles is 1. The number of rotatable bonds is 6. The zero-order valence-corrected chi connectivity index (χ0v) is 12.3. The molecule has 112 valence electrons. The van der Waals surface area contributed by atoms with E-state index in [4.69, 9.17) is 10.00 Å². The molecule has 5 nitrogen and oxygen atoms in total. The molecule has 2 N–H and O–H groups in total. The fraction of sp³-hybridized carbons (Fsp3) is 0.176. The van der Waals surface area contributed by atoms with Gasteiger partial charge in [-0.05, 0) is 55.5 Å². The maximum atomic E-state index is 11.8. The molecular weight excluding hydrogens is 278 g/mol. The van der Waals surface area contributed by atoms with Gasteiger partial charge in [-0.15, -0.1) is 0 Å². The lowest BCUT2D eigenvalue weighted by atomic mass is 10.2. The maximum absolute atomic E-state index is 11.8. The van der Waals surface area contributed by atoms with Crippen LogP contribution >= 0.6 is 0 Å². The molecule has 0 aliphatic carbocycles. The summed E-state index contributed by atoms with van der Waals surface area (Å²) in [5, 5.41) is 14.5. The second-order valence-electron chi connectivity index (χ2n) is 4.55. The lowest BCUT2D eigenvalue weighted by Crippen LogP contribution is -2.21. The first-order valence-corrected chi connectivity index (χ1v) is 6.98. The smallest absolute Gasteiger partial charge is 0.243 e. The van der Waals surface area contributed by atoms with E-state index >= 15 is 0 Å². The monoisotopic (exact) mass is 295 g/mol. The molecule has 2 aromatic carbocycles. The van der Waals surface area contributed by atoms with E-state index in [0.717, 1.165) is 11.4 Å². The SMILES string of the molecule is CCOc1ccc(NCC(=O)Nc2ccc(C#N)cc2)cc1. The van der Waals surface area contributed by atoms with Crippen molar-refractivity contribution in [1.29, 1.82) is 5.26 Å². The fourth-order valence-corrected chi connectivity index (χ4v) is 1.85. The Bertz CT molecular complexity index is 658. The van der Waals surface area contributed by atoms with E-state index in [9.17, 15) is 4.79 Å². The van der Waals surface area contributed by atoms with Crippen molar-refractivity contribution in [2.45, 2.75) is 6.92 Å². The van der Waals surface area contributed by atoms with Crippen molar-refractivity contribution in [3.05, 3.63) is 54.1 Å². The summed E-state index contributed by atoms with van der Waals surface area (Å²) < 4.78 is 5.35. The molecule has 0 aromatic heterocycles. The molecule has 0 aliphatic rings. The van der Waals surface area contributed by atoms with E-state index in [1.165, 1.54) is 0 Å². The van der Waals surface area contributed by atoms with Crippen molar-refractivity contribution in [3.63, 3.8) is 0 Å². The molecule has 0 heterocycles. The van der Waals surface area contributed by atoms with Gasteiger partial charge in [0, 0.05) is 11.4 Å². The van der Waals surface area contributed by atoms with E-state index in [-0.39, 0.29) is 12.5 Å². The minimum atomic E-state index is -0.154. The van der Waals surface area contributed by atoms with Crippen LogP contribution in [0.1, 0.15) is 12.5 Å². The summed E-state index contributed by atoms with van der Waals surface area (Å²) in [7, 11) is 0. The van der Waals surface area contributed by atoms with Crippen LogP contribution in [0, 0.1) is 11.3 Å². The molecular formula is C17H17N3O2. The van der Waals surface area contributed by atoms with Crippen molar-refractivity contribution in [1.82, 2.24) is 0 Å². The zero-order chi connectivity index (χ0) is 15.8. The molecule has 0 fully saturated rings. The van der Waals surface area contributed by atoms with E-state index in [2.05, 4.69) is 10.6 Å². The number of hydrogen-bond acceptors (Lipinski definition) is 4. The summed E-state index contributed by atoms with van der Waals surface area (Å²) in [6, 6.07) is 16.2. The molecule has 5 heteroatoms. The average molecular weight is 295 g/mol. The van der Waals surface area contributed by atoms with Gasteiger partial charge in [0.05, 0.1) is 24.8 Å². The molecule has 0 saturated carbocycles. The quantitative estimate of drug-likeness (QED) is 0.859. The largest absolute Gasteiger partial charge is 0.494 e. The maximum Gasteiger partial charge on any atom is 0.243 e. The van der Waals surface area contributed by atoms with Gasteiger partial charge >= 0.3 is 0 Å². The van der Waals surface area contributed by atoms with Crippen molar-refractivity contribution in [2.75, 3.05) is 23.8 Å². The second kappa shape index (κ2) is 7.70. The number of nitrogens with one attached hydrogen (secondary N) is 2. The van der Waals surface area contributed by atoms with Crippen molar-refractivity contribution < 1.29 is 9.53 Å². The number of nitrogens with zero attached hydrogens (tertiary/aromatic N) is 1. The van der Waals surface area contributed by atoms with Crippen LogP contribution in [0.15, 0.2) is 48.5 Å². The number of carbonyl (C=O) groups excluding carboxylic acids is 1. The number of benzene rings is 2. The van der Waals surface area contributed by atoms with Crippen LogP contribution in [0.4, 0.5) is 11.4 Å². The number of hydrogen-bond donors (Lipinski definition) is 2. The molecule has 22 heavy (non-hydrogen) atoms. The summed E-state index contributed by atoms with van der Waals surface area (Å²) in [6.45, 7) is 2.72. The third-order valence-electron chi connectivity index (χ3n) is 2.92. The summed E-state index contributed by atoms with van der Waals surface area (Å²) in [5.74, 6) is 0.647. The second-order valence-corrected chi connectivity index (χ2v) is 4.55. The molecule has 0 saturated heterocycles. The Kier molecular flexibility index (Phi) is 5.38. The Morgan fingerprint density at radius 3 is 2.32 bits per heavy atom. The number of carbonyl (C=O) groups is 1. The third-order valence-corrected chi connectivity index (χ3v) is 2.92. The fourth-order valence-electron chi connectivity index (χ4n) is 1.85. The first-order chi connectivity index (χ1) is 10.7. The summed E-state index contributed by atoms with van der Waals surface area (Å²) in [6.07, 6.45) is 0.